The number of carbonyl (C=O) groups is 1. The fourth-order valence-corrected chi connectivity index (χ4v) is 2.90. The summed E-state index contributed by atoms with van der Waals surface area (Å²) in [6.07, 6.45) is -3.40. The molecule has 1 aromatic carbocycles. The van der Waals surface area contributed by atoms with E-state index in [-0.39, 0.29) is 16.6 Å². The Kier molecular flexibility index (Phi) is 5.75. The lowest BCUT2D eigenvalue weighted by molar-refractivity contribution is -0.274. The molecule has 0 aliphatic carbocycles. The van der Waals surface area contributed by atoms with E-state index >= 15 is 0 Å². The van der Waals surface area contributed by atoms with Crippen LogP contribution in [-0.2, 0) is 4.79 Å². The van der Waals surface area contributed by atoms with Crippen molar-refractivity contribution in [1.29, 1.82) is 0 Å². The highest BCUT2D eigenvalue weighted by Crippen LogP contribution is 2.24. The number of anilines is 1. The van der Waals surface area contributed by atoms with E-state index in [4.69, 9.17) is 11.6 Å². The number of aromatic nitrogens is 3. The number of hydrogen-bond donors (Lipinski definition) is 1. The van der Waals surface area contributed by atoms with Gasteiger partial charge in [0.15, 0.2) is 5.16 Å². The van der Waals surface area contributed by atoms with Crippen LogP contribution < -0.4 is 15.7 Å². The van der Waals surface area contributed by atoms with Gasteiger partial charge in [0.2, 0.25) is 5.91 Å². The van der Waals surface area contributed by atoms with E-state index in [9.17, 15) is 22.8 Å². The van der Waals surface area contributed by atoms with Crippen LogP contribution in [0.2, 0.25) is 5.02 Å². The molecule has 12 heteroatoms. The third kappa shape index (κ3) is 5.36. The van der Waals surface area contributed by atoms with Gasteiger partial charge >= 0.3 is 12.1 Å². The summed E-state index contributed by atoms with van der Waals surface area (Å²) in [5.74, 6) is -0.955. The van der Waals surface area contributed by atoms with Gasteiger partial charge in [0.25, 0.3) is 0 Å². The van der Waals surface area contributed by atoms with Crippen molar-refractivity contribution in [1.82, 2.24) is 14.4 Å². The molecular formula is C16H10ClF3N4O3S. The van der Waals surface area contributed by atoms with Crippen LogP contribution >= 0.6 is 23.4 Å². The molecule has 1 N–H and O–H groups in total. The molecule has 2 heterocycles. The first-order chi connectivity index (χ1) is 13.2. The molecule has 28 heavy (non-hydrogen) atoms. The second-order valence-electron chi connectivity index (χ2n) is 5.27. The van der Waals surface area contributed by atoms with Gasteiger partial charge in [-0.1, -0.05) is 23.4 Å². The molecular weight excluding hydrogens is 421 g/mol. The van der Waals surface area contributed by atoms with Gasteiger partial charge in [0, 0.05) is 11.9 Å². The fraction of sp³-hybridized carbons (Fsp3) is 0.125. The monoisotopic (exact) mass is 430 g/mol. The van der Waals surface area contributed by atoms with Crippen LogP contribution in [-0.4, -0.2) is 32.4 Å². The van der Waals surface area contributed by atoms with Crippen molar-refractivity contribution in [3.63, 3.8) is 0 Å². The van der Waals surface area contributed by atoms with Gasteiger partial charge in [-0.15, -0.1) is 13.2 Å². The first kappa shape index (κ1) is 20.0. The Balaban J connectivity index is 1.60. The zero-order valence-electron chi connectivity index (χ0n) is 13.7. The Morgan fingerprint density at radius 1 is 1.18 bits per heavy atom. The molecule has 0 fully saturated rings. The van der Waals surface area contributed by atoms with Crippen molar-refractivity contribution in [2.24, 2.45) is 0 Å². The molecule has 0 bridgehead atoms. The predicted molar refractivity (Wildman–Crippen MR) is 96.7 cm³/mol. The van der Waals surface area contributed by atoms with Crippen molar-refractivity contribution in [3.05, 3.63) is 58.1 Å². The van der Waals surface area contributed by atoms with Gasteiger partial charge in [0.1, 0.15) is 11.4 Å². The first-order valence-corrected chi connectivity index (χ1v) is 8.90. The second kappa shape index (κ2) is 8.07. The van der Waals surface area contributed by atoms with Gasteiger partial charge in [-0.25, -0.2) is 14.2 Å². The maximum atomic E-state index is 12.1. The summed E-state index contributed by atoms with van der Waals surface area (Å²) in [5.41, 5.74) is 0.0255. The molecule has 0 saturated carbocycles. The highest BCUT2D eigenvalue weighted by Gasteiger charge is 2.30. The first-order valence-electron chi connectivity index (χ1n) is 7.54. The van der Waals surface area contributed by atoms with Crippen LogP contribution in [0.5, 0.6) is 5.75 Å². The molecule has 0 unspecified atom stereocenters. The van der Waals surface area contributed by atoms with Gasteiger partial charge in [0.05, 0.1) is 10.8 Å². The lowest BCUT2D eigenvalue weighted by Crippen LogP contribution is -2.20. The van der Waals surface area contributed by atoms with Crippen LogP contribution in [0.4, 0.5) is 18.9 Å². The van der Waals surface area contributed by atoms with Crippen LogP contribution in [0.15, 0.2) is 52.5 Å². The van der Waals surface area contributed by atoms with Crippen molar-refractivity contribution in [2.45, 2.75) is 11.5 Å². The Morgan fingerprint density at radius 2 is 1.89 bits per heavy atom. The minimum absolute atomic E-state index is 0.107. The van der Waals surface area contributed by atoms with E-state index in [2.05, 4.69) is 20.0 Å². The Bertz CT molecular complexity index is 1070. The minimum Gasteiger partial charge on any atom is -0.406 e. The van der Waals surface area contributed by atoms with Gasteiger partial charge < -0.3 is 10.1 Å². The summed E-state index contributed by atoms with van der Waals surface area (Å²) < 4.78 is 41.3. The van der Waals surface area contributed by atoms with Crippen LogP contribution in [0.3, 0.4) is 0 Å². The maximum Gasteiger partial charge on any atom is 0.573 e. The molecule has 2 aromatic heterocycles. The normalized spacial score (nSPS) is 11.4. The summed E-state index contributed by atoms with van der Waals surface area (Å²) >= 11 is 6.75. The summed E-state index contributed by atoms with van der Waals surface area (Å²) in [5, 5.41) is 2.97. The van der Waals surface area contributed by atoms with Crippen LogP contribution in [0, 0.1) is 0 Å². The predicted octanol–water partition coefficient (Wildman–Crippen LogP) is 3.37. The number of carbonyl (C=O) groups excluding carboxylic acids is 1. The highest BCUT2D eigenvalue weighted by atomic mass is 35.5. The van der Waals surface area contributed by atoms with E-state index in [0.29, 0.717) is 10.7 Å². The average molecular weight is 431 g/mol. The number of hydrogen-bond acceptors (Lipinski definition) is 6. The summed E-state index contributed by atoms with van der Waals surface area (Å²) in [6.45, 7) is 0. The average Bonchev–Trinajstić information content (AvgIpc) is 2.61. The zero-order chi connectivity index (χ0) is 20.3. The molecule has 0 atom stereocenters. The molecule has 0 radical (unpaired) electrons. The molecule has 0 aliphatic heterocycles. The van der Waals surface area contributed by atoms with E-state index in [1.54, 1.807) is 12.1 Å². The largest absolute Gasteiger partial charge is 0.573 e. The Morgan fingerprint density at radius 3 is 2.57 bits per heavy atom. The number of benzene rings is 1. The summed E-state index contributed by atoms with van der Waals surface area (Å²) in [6, 6.07) is 7.80. The van der Waals surface area contributed by atoms with Gasteiger partial charge in [-0.05, 0) is 36.4 Å². The molecule has 1 amide bonds. The lowest BCUT2D eigenvalue weighted by Gasteiger charge is -2.09. The minimum atomic E-state index is -4.79. The molecule has 7 nitrogen and oxygen atoms in total. The number of nitrogens with zero attached hydrogens (tertiary/aromatic N) is 3. The lowest BCUT2D eigenvalue weighted by atomic mass is 10.3. The van der Waals surface area contributed by atoms with Gasteiger partial charge in [-0.3, -0.25) is 4.79 Å². The van der Waals surface area contributed by atoms with Crippen LogP contribution in [0.25, 0.3) is 5.65 Å². The second-order valence-corrected chi connectivity index (χ2v) is 6.65. The number of fused-ring (bicyclic) bond motifs is 1. The third-order valence-corrected chi connectivity index (χ3v) is 4.27. The fourth-order valence-electron chi connectivity index (χ4n) is 2.10. The van der Waals surface area contributed by atoms with E-state index in [1.165, 1.54) is 22.7 Å². The number of nitrogens with one attached hydrogen (secondary N) is 1. The number of pyridine rings is 1. The molecule has 146 valence electrons. The molecule has 0 saturated heterocycles. The smallest absolute Gasteiger partial charge is 0.406 e. The molecule has 3 rings (SSSR count). The van der Waals surface area contributed by atoms with Crippen molar-refractivity contribution < 1.29 is 22.7 Å². The van der Waals surface area contributed by atoms with Gasteiger partial charge in [-0.2, -0.15) is 4.98 Å². The molecule has 0 spiro atoms. The molecule has 0 aliphatic rings. The number of ether oxygens (including phenoxy) is 1. The number of halogens is 4. The highest BCUT2D eigenvalue weighted by molar-refractivity contribution is 7.99. The van der Waals surface area contributed by atoms with Crippen molar-refractivity contribution in [2.75, 3.05) is 11.1 Å². The maximum absolute atomic E-state index is 12.1. The number of rotatable bonds is 5. The summed E-state index contributed by atoms with van der Waals surface area (Å²) in [7, 11) is 0. The van der Waals surface area contributed by atoms with Crippen LogP contribution in [0.1, 0.15) is 0 Å². The summed E-state index contributed by atoms with van der Waals surface area (Å²) in [4.78, 5) is 31.9. The number of thioether (sulfide) groups is 1. The van der Waals surface area contributed by atoms with E-state index in [1.807, 2.05) is 0 Å². The topological polar surface area (TPSA) is 85.6 Å². The SMILES string of the molecule is O=C(CSc1nc(=O)n2cc(Cl)ccc2n1)Nc1ccc(OC(F)(F)F)cc1. The van der Waals surface area contributed by atoms with E-state index in [0.717, 1.165) is 23.9 Å². The van der Waals surface area contributed by atoms with E-state index < -0.39 is 23.7 Å². The van der Waals surface area contributed by atoms with Crippen molar-refractivity contribution >= 4 is 40.6 Å². The zero-order valence-corrected chi connectivity index (χ0v) is 15.3. The Labute approximate surface area is 164 Å². The quantitative estimate of drug-likeness (QED) is 0.625. The Hall–Kier alpha value is -2.79. The molecule has 3 aromatic rings. The third-order valence-electron chi connectivity index (χ3n) is 3.20. The standard InChI is InChI=1S/C16H10ClF3N4O3S/c17-9-1-6-12-22-14(23-15(26)24(12)7-9)28-8-13(25)21-10-2-4-11(5-3-10)27-16(18,19)20/h1-7H,8H2,(H,21,25). The van der Waals surface area contributed by atoms with Crippen molar-refractivity contribution in [3.8, 4) is 5.75 Å². The number of amides is 1. The number of alkyl halides is 3.